The van der Waals surface area contributed by atoms with Crippen molar-refractivity contribution in [3.8, 4) is 5.75 Å². The van der Waals surface area contributed by atoms with Gasteiger partial charge in [-0.1, -0.05) is 32.9 Å². The van der Waals surface area contributed by atoms with Gasteiger partial charge in [0.25, 0.3) is 0 Å². The maximum absolute atomic E-state index is 5.65. The molecule has 0 radical (unpaired) electrons. The number of hydrogen-bond acceptors (Lipinski definition) is 6. The van der Waals surface area contributed by atoms with Gasteiger partial charge < -0.3 is 15.4 Å². The fraction of sp³-hybridized carbons (Fsp3) is 0.318. The van der Waals surface area contributed by atoms with Gasteiger partial charge in [0.15, 0.2) is 5.82 Å². The van der Waals surface area contributed by atoms with Crippen molar-refractivity contribution in [3.05, 3.63) is 60.3 Å². The van der Waals surface area contributed by atoms with E-state index in [1.807, 2.05) is 50.2 Å². The Bertz CT molecular complexity index is 899. The molecule has 0 spiro atoms. The SMILES string of the molecule is CC(C)Oc1ccc(Nc2nncc(Nc3ccc(C(C)(C)C)cc3)n2)cc1. The number of rotatable bonds is 6. The predicted molar refractivity (Wildman–Crippen MR) is 114 cm³/mol. The minimum absolute atomic E-state index is 0.127. The maximum Gasteiger partial charge on any atom is 0.249 e. The summed E-state index contributed by atoms with van der Waals surface area (Å²) < 4.78 is 5.65. The van der Waals surface area contributed by atoms with Gasteiger partial charge in [0.1, 0.15) is 5.75 Å². The second-order valence-electron chi connectivity index (χ2n) is 7.93. The van der Waals surface area contributed by atoms with Crippen LogP contribution in [0.3, 0.4) is 0 Å². The first-order valence-corrected chi connectivity index (χ1v) is 9.40. The summed E-state index contributed by atoms with van der Waals surface area (Å²) in [6.45, 7) is 10.6. The molecular weight excluding hydrogens is 350 g/mol. The van der Waals surface area contributed by atoms with Crippen molar-refractivity contribution in [2.24, 2.45) is 0 Å². The van der Waals surface area contributed by atoms with E-state index in [0.717, 1.165) is 17.1 Å². The molecule has 6 heteroatoms. The van der Waals surface area contributed by atoms with Gasteiger partial charge in [0.05, 0.1) is 12.3 Å². The van der Waals surface area contributed by atoms with E-state index in [9.17, 15) is 0 Å². The summed E-state index contributed by atoms with van der Waals surface area (Å²) in [7, 11) is 0. The van der Waals surface area contributed by atoms with E-state index >= 15 is 0 Å². The van der Waals surface area contributed by atoms with E-state index < -0.39 is 0 Å². The third-order valence-electron chi connectivity index (χ3n) is 4.06. The first-order chi connectivity index (χ1) is 13.3. The summed E-state index contributed by atoms with van der Waals surface area (Å²) in [6, 6.07) is 16.0. The first-order valence-electron chi connectivity index (χ1n) is 9.40. The van der Waals surface area contributed by atoms with E-state index in [-0.39, 0.29) is 11.5 Å². The van der Waals surface area contributed by atoms with E-state index in [4.69, 9.17) is 4.74 Å². The molecule has 3 rings (SSSR count). The largest absolute Gasteiger partial charge is 0.491 e. The number of nitrogens with one attached hydrogen (secondary N) is 2. The van der Waals surface area contributed by atoms with E-state index in [1.54, 1.807) is 6.20 Å². The van der Waals surface area contributed by atoms with Crippen molar-refractivity contribution < 1.29 is 4.74 Å². The molecule has 0 aliphatic heterocycles. The lowest BCUT2D eigenvalue weighted by molar-refractivity contribution is 0.242. The number of aromatic nitrogens is 3. The Labute approximate surface area is 166 Å². The van der Waals surface area contributed by atoms with Gasteiger partial charge >= 0.3 is 0 Å². The van der Waals surface area contributed by atoms with Gasteiger partial charge in [-0.3, -0.25) is 0 Å². The molecule has 28 heavy (non-hydrogen) atoms. The molecular formula is C22H27N5O. The van der Waals surface area contributed by atoms with Crippen LogP contribution in [0.4, 0.5) is 23.1 Å². The second kappa shape index (κ2) is 8.25. The number of benzene rings is 2. The van der Waals surface area contributed by atoms with Crippen LogP contribution < -0.4 is 15.4 Å². The van der Waals surface area contributed by atoms with E-state index in [2.05, 4.69) is 58.7 Å². The van der Waals surface area contributed by atoms with Crippen LogP contribution in [0.25, 0.3) is 0 Å². The molecule has 6 nitrogen and oxygen atoms in total. The molecule has 0 atom stereocenters. The number of nitrogens with zero attached hydrogens (tertiary/aromatic N) is 3. The topological polar surface area (TPSA) is 72.0 Å². The number of anilines is 4. The van der Waals surface area contributed by atoms with Crippen molar-refractivity contribution in [2.45, 2.75) is 46.1 Å². The predicted octanol–water partition coefficient (Wildman–Crippen LogP) is 5.44. The fourth-order valence-corrected chi connectivity index (χ4v) is 2.64. The monoisotopic (exact) mass is 377 g/mol. The molecule has 1 aromatic heterocycles. The van der Waals surface area contributed by atoms with Crippen molar-refractivity contribution in [1.29, 1.82) is 0 Å². The average molecular weight is 377 g/mol. The molecule has 2 aromatic carbocycles. The summed E-state index contributed by atoms with van der Waals surface area (Å²) >= 11 is 0. The molecule has 0 aliphatic carbocycles. The third-order valence-corrected chi connectivity index (χ3v) is 4.06. The molecule has 0 amide bonds. The summed E-state index contributed by atoms with van der Waals surface area (Å²) in [5.74, 6) is 1.88. The lowest BCUT2D eigenvalue weighted by Crippen LogP contribution is -2.10. The Balaban J connectivity index is 1.67. The highest BCUT2D eigenvalue weighted by atomic mass is 16.5. The zero-order valence-electron chi connectivity index (χ0n) is 17.0. The number of hydrogen-bond donors (Lipinski definition) is 2. The molecule has 146 valence electrons. The quantitative estimate of drug-likeness (QED) is 0.596. The molecule has 0 aliphatic rings. The molecule has 0 bridgehead atoms. The van der Waals surface area contributed by atoms with Gasteiger partial charge in [-0.05, 0) is 61.2 Å². The average Bonchev–Trinajstić information content (AvgIpc) is 2.63. The standard InChI is InChI=1S/C22H27N5O/c1-15(2)28-19-12-10-18(11-13-19)25-21-26-20(14-23-27-21)24-17-8-6-16(7-9-17)22(3,4)5/h6-15H,1-5H3,(H2,24,25,26,27). The third kappa shape index (κ3) is 5.42. The summed E-state index contributed by atoms with van der Waals surface area (Å²) in [5.41, 5.74) is 3.23. The van der Waals surface area contributed by atoms with Crippen LogP contribution in [0.5, 0.6) is 5.75 Å². The minimum Gasteiger partial charge on any atom is -0.491 e. The van der Waals surface area contributed by atoms with Crippen LogP contribution in [0.1, 0.15) is 40.2 Å². The highest BCUT2D eigenvalue weighted by Crippen LogP contribution is 2.25. The smallest absolute Gasteiger partial charge is 0.249 e. The molecule has 0 saturated heterocycles. The lowest BCUT2D eigenvalue weighted by Gasteiger charge is -2.19. The van der Waals surface area contributed by atoms with Gasteiger partial charge in [-0.2, -0.15) is 10.1 Å². The van der Waals surface area contributed by atoms with Crippen molar-refractivity contribution in [1.82, 2.24) is 15.2 Å². The zero-order valence-corrected chi connectivity index (χ0v) is 17.0. The van der Waals surface area contributed by atoms with Gasteiger partial charge in [-0.15, -0.1) is 5.10 Å². The Hall–Kier alpha value is -3.15. The first kappa shape index (κ1) is 19.6. The maximum atomic E-state index is 5.65. The van der Waals surface area contributed by atoms with Gasteiger partial charge in [0, 0.05) is 11.4 Å². The zero-order chi connectivity index (χ0) is 20.1. The molecule has 0 fully saturated rings. The number of ether oxygens (including phenoxy) is 1. The summed E-state index contributed by atoms with van der Waals surface area (Å²) in [4.78, 5) is 4.48. The molecule has 3 aromatic rings. The summed E-state index contributed by atoms with van der Waals surface area (Å²) in [6.07, 6.45) is 1.74. The highest BCUT2D eigenvalue weighted by Gasteiger charge is 2.13. The van der Waals surface area contributed by atoms with Crippen LogP contribution in [0.2, 0.25) is 0 Å². The Morgan fingerprint density at radius 2 is 1.46 bits per heavy atom. The van der Waals surface area contributed by atoms with Gasteiger partial charge in [-0.25, -0.2) is 0 Å². The van der Waals surface area contributed by atoms with E-state index in [1.165, 1.54) is 5.56 Å². The molecule has 0 unspecified atom stereocenters. The van der Waals surface area contributed by atoms with E-state index in [0.29, 0.717) is 11.8 Å². The van der Waals surface area contributed by atoms with Crippen LogP contribution >= 0.6 is 0 Å². The fourth-order valence-electron chi connectivity index (χ4n) is 2.64. The Kier molecular flexibility index (Phi) is 5.78. The molecule has 1 heterocycles. The molecule has 2 N–H and O–H groups in total. The molecule has 0 saturated carbocycles. The minimum atomic E-state index is 0.127. The van der Waals surface area contributed by atoms with Gasteiger partial charge in [0.2, 0.25) is 5.95 Å². The summed E-state index contributed by atoms with van der Waals surface area (Å²) in [5, 5.41) is 14.5. The van der Waals surface area contributed by atoms with Crippen molar-refractivity contribution in [2.75, 3.05) is 10.6 Å². The van der Waals surface area contributed by atoms with Crippen LogP contribution in [0.15, 0.2) is 54.7 Å². The highest BCUT2D eigenvalue weighted by molar-refractivity contribution is 5.59. The Morgan fingerprint density at radius 3 is 2.07 bits per heavy atom. The van der Waals surface area contributed by atoms with Crippen molar-refractivity contribution >= 4 is 23.1 Å². The van der Waals surface area contributed by atoms with Crippen molar-refractivity contribution in [3.63, 3.8) is 0 Å². The second-order valence-corrected chi connectivity index (χ2v) is 7.93. The van der Waals surface area contributed by atoms with Crippen LogP contribution in [0, 0.1) is 0 Å². The normalized spacial score (nSPS) is 11.4. The Morgan fingerprint density at radius 1 is 0.857 bits per heavy atom. The van der Waals surface area contributed by atoms with Crippen LogP contribution in [-0.4, -0.2) is 21.3 Å². The van der Waals surface area contributed by atoms with Crippen LogP contribution in [-0.2, 0) is 5.41 Å². The lowest BCUT2D eigenvalue weighted by atomic mass is 9.87.